The van der Waals surface area contributed by atoms with E-state index in [0.29, 0.717) is 36.8 Å². The van der Waals surface area contributed by atoms with Gasteiger partial charge in [-0.05, 0) is 42.3 Å². The van der Waals surface area contributed by atoms with Crippen molar-refractivity contribution in [3.8, 4) is 11.5 Å². The number of ether oxygens (including phenoxy) is 2. The summed E-state index contributed by atoms with van der Waals surface area (Å²) in [6.07, 6.45) is 4.61. The zero-order valence-electron chi connectivity index (χ0n) is 13.1. The smallest absolute Gasteiger partial charge is 0.243 e. The predicted octanol–water partition coefficient (Wildman–Crippen LogP) is 1.86. The lowest BCUT2D eigenvalue weighted by Gasteiger charge is -2.17. The molecule has 24 heavy (non-hydrogen) atoms. The number of sulfonamides is 1. The monoisotopic (exact) mass is 346 g/mol. The van der Waals surface area contributed by atoms with Gasteiger partial charge in [0.05, 0.1) is 18.0 Å². The summed E-state index contributed by atoms with van der Waals surface area (Å²) < 4.78 is 38.5. The van der Waals surface area contributed by atoms with Crippen molar-refractivity contribution >= 4 is 10.0 Å². The Hall–Kier alpha value is -2.12. The van der Waals surface area contributed by atoms with Crippen molar-refractivity contribution in [1.82, 2.24) is 9.29 Å². The normalized spacial score (nSPS) is 20.6. The molecule has 1 unspecified atom stereocenters. The Labute approximate surface area is 141 Å². The SMILES string of the molecule is O=S(=O)(c1ccc2c(c1)CCO2)N1CCC(Oc2ccncc2)C1. The van der Waals surface area contributed by atoms with Crippen molar-refractivity contribution in [2.75, 3.05) is 19.7 Å². The minimum absolute atomic E-state index is 0.139. The summed E-state index contributed by atoms with van der Waals surface area (Å²) in [5.74, 6) is 1.50. The summed E-state index contributed by atoms with van der Waals surface area (Å²) in [7, 11) is -3.50. The Kier molecular flexibility index (Phi) is 3.90. The molecule has 126 valence electrons. The van der Waals surface area contributed by atoms with Crippen LogP contribution in [0.4, 0.5) is 0 Å². The molecule has 4 rings (SSSR count). The van der Waals surface area contributed by atoms with E-state index in [2.05, 4.69) is 4.98 Å². The van der Waals surface area contributed by atoms with Gasteiger partial charge in [0, 0.05) is 25.4 Å². The van der Waals surface area contributed by atoms with Crippen LogP contribution >= 0.6 is 0 Å². The average molecular weight is 346 g/mol. The molecule has 1 aromatic carbocycles. The summed E-state index contributed by atoms with van der Waals surface area (Å²) in [6, 6.07) is 8.65. The molecule has 2 aliphatic rings. The Bertz CT molecular complexity index is 839. The lowest BCUT2D eigenvalue weighted by Crippen LogP contribution is -2.31. The number of rotatable bonds is 4. The van der Waals surface area contributed by atoms with Gasteiger partial charge in [-0.3, -0.25) is 4.98 Å². The molecule has 1 aromatic heterocycles. The third kappa shape index (κ3) is 2.85. The van der Waals surface area contributed by atoms with Crippen LogP contribution in [-0.2, 0) is 16.4 Å². The summed E-state index contributed by atoms with van der Waals surface area (Å²) in [5, 5.41) is 0. The van der Waals surface area contributed by atoms with Gasteiger partial charge in [0.15, 0.2) is 0 Å². The third-order valence-corrected chi connectivity index (χ3v) is 6.22. The maximum Gasteiger partial charge on any atom is 0.243 e. The fraction of sp³-hybridized carbons (Fsp3) is 0.353. The fourth-order valence-electron chi connectivity index (χ4n) is 3.09. The van der Waals surface area contributed by atoms with Crippen LogP contribution in [0.5, 0.6) is 11.5 Å². The molecule has 0 bridgehead atoms. The van der Waals surface area contributed by atoms with Gasteiger partial charge in [-0.2, -0.15) is 4.31 Å². The first-order valence-electron chi connectivity index (χ1n) is 7.95. The summed E-state index contributed by atoms with van der Waals surface area (Å²) in [6.45, 7) is 1.44. The van der Waals surface area contributed by atoms with E-state index in [1.807, 2.05) is 0 Å². The summed E-state index contributed by atoms with van der Waals surface area (Å²) in [4.78, 5) is 4.28. The second kappa shape index (κ2) is 6.07. The van der Waals surface area contributed by atoms with E-state index in [4.69, 9.17) is 9.47 Å². The maximum atomic E-state index is 12.9. The molecule has 0 saturated carbocycles. The van der Waals surface area contributed by atoms with Gasteiger partial charge in [-0.15, -0.1) is 0 Å². The second-order valence-electron chi connectivity index (χ2n) is 5.94. The van der Waals surface area contributed by atoms with E-state index in [1.54, 1.807) is 42.7 Å². The minimum atomic E-state index is -3.50. The molecular formula is C17H18N2O4S. The zero-order valence-corrected chi connectivity index (χ0v) is 13.9. The molecule has 7 heteroatoms. The first-order chi connectivity index (χ1) is 11.6. The van der Waals surface area contributed by atoms with Gasteiger partial charge in [0.1, 0.15) is 17.6 Å². The first-order valence-corrected chi connectivity index (χ1v) is 9.39. The van der Waals surface area contributed by atoms with Gasteiger partial charge in [-0.25, -0.2) is 8.42 Å². The number of nitrogens with zero attached hydrogens (tertiary/aromatic N) is 2. The molecular weight excluding hydrogens is 328 g/mol. The van der Waals surface area contributed by atoms with Crippen molar-refractivity contribution in [3.05, 3.63) is 48.3 Å². The number of fused-ring (bicyclic) bond motifs is 1. The zero-order chi connectivity index (χ0) is 16.6. The predicted molar refractivity (Wildman–Crippen MR) is 87.7 cm³/mol. The molecule has 0 spiro atoms. The largest absolute Gasteiger partial charge is 0.493 e. The van der Waals surface area contributed by atoms with Crippen LogP contribution < -0.4 is 9.47 Å². The van der Waals surface area contributed by atoms with E-state index in [-0.39, 0.29) is 6.10 Å². The van der Waals surface area contributed by atoms with Crippen molar-refractivity contribution in [2.45, 2.75) is 23.8 Å². The van der Waals surface area contributed by atoms with Gasteiger partial charge < -0.3 is 9.47 Å². The number of hydrogen-bond acceptors (Lipinski definition) is 5. The lowest BCUT2D eigenvalue weighted by atomic mass is 10.2. The fourth-order valence-corrected chi connectivity index (χ4v) is 4.63. The van der Waals surface area contributed by atoms with Crippen LogP contribution in [0, 0.1) is 0 Å². The highest BCUT2D eigenvalue weighted by Gasteiger charge is 2.34. The van der Waals surface area contributed by atoms with Crippen LogP contribution in [0.3, 0.4) is 0 Å². The van der Waals surface area contributed by atoms with Crippen molar-refractivity contribution in [2.24, 2.45) is 0 Å². The summed E-state index contributed by atoms with van der Waals surface area (Å²) in [5.41, 5.74) is 0.958. The van der Waals surface area contributed by atoms with Crippen LogP contribution in [0.2, 0.25) is 0 Å². The van der Waals surface area contributed by atoms with Gasteiger partial charge in [-0.1, -0.05) is 0 Å². The topological polar surface area (TPSA) is 68.7 Å². The number of benzene rings is 1. The first kappa shape index (κ1) is 15.4. The highest BCUT2D eigenvalue weighted by molar-refractivity contribution is 7.89. The highest BCUT2D eigenvalue weighted by Crippen LogP contribution is 2.30. The molecule has 0 radical (unpaired) electrons. The van der Waals surface area contributed by atoms with Crippen molar-refractivity contribution in [3.63, 3.8) is 0 Å². The van der Waals surface area contributed by atoms with Crippen LogP contribution in [-0.4, -0.2) is 43.5 Å². The second-order valence-corrected chi connectivity index (χ2v) is 7.88. The van der Waals surface area contributed by atoms with Crippen LogP contribution in [0.1, 0.15) is 12.0 Å². The Morgan fingerprint density at radius 3 is 2.88 bits per heavy atom. The maximum absolute atomic E-state index is 12.9. The number of aromatic nitrogens is 1. The van der Waals surface area contributed by atoms with Gasteiger partial charge >= 0.3 is 0 Å². The van der Waals surface area contributed by atoms with E-state index >= 15 is 0 Å². The number of pyridine rings is 1. The molecule has 1 atom stereocenters. The molecule has 3 heterocycles. The van der Waals surface area contributed by atoms with E-state index in [1.165, 1.54) is 4.31 Å². The molecule has 0 amide bonds. The Morgan fingerprint density at radius 2 is 2.04 bits per heavy atom. The molecule has 2 aromatic rings. The average Bonchev–Trinajstić information content (AvgIpc) is 3.24. The van der Waals surface area contributed by atoms with E-state index in [9.17, 15) is 8.42 Å². The highest BCUT2D eigenvalue weighted by atomic mass is 32.2. The van der Waals surface area contributed by atoms with E-state index in [0.717, 1.165) is 17.7 Å². The van der Waals surface area contributed by atoms with Crippen LogP contribution in [0.15, 0.2) is 47.6 Å². The van der Waals surface area contributed by atoms with Crippen molar-refractivity contribution in [1.29, 1.82) is 0 Å². The quantitative estimate of drug-likeness (QED) is 0.845. The molecule has 0 N–H and O–H groups in total. The van der Waals surface area contributed by atoms with Gasteiger partial charge in [0.25, 0.3) is 0 Å². The Morgan fingerprint density at radius 1 is 1.21 bits per heavy atom. The van der Waals surface area contributed by atoms with E-state index < -0.39 is 10.0 Å². The Balaban J connectivity index is 1.49. The van der Waals surface area contributed by atoms with Gasteiger partial charge in [0.2, 0.25) is 10.0 Å². The molecule has 1 saturated heterocycles. The third-order valence-electron chi connectivity index (χ3n) is 4.36. The summed E-state index contributed by atoms with van der Waals surface area (Å²) >= 11 is 0. The lowest BCUT2D eigenvalue weighted by molar-refractivity contribution is 0.215. The molecule has 2 aliphatic heterocycles. The minimum Gasteiger partial charge on any atom is -0.493 e. The van der Waals surface area contributed by atoms with Crippen molar-refractivity contribution < 1.29 is 17.9 Å². The standard InChI is InChI=1S/C17H18N2O4S/c20-24(21,16-1-2-17-13(11-16)6-10-22-17)19-9-5-15(12-19)23-14-3-7-18-8-4-14/h1-4,7-8,11,15H,5-6,9-10,12H2. The number of hydrogen-bond donors (Lipinski definition) is 0. The molecule has 6 nitrogen and oxygen atoms in total. The molecule has 0 aliphatic carbocycles. The van der Waals surface area contributed by atoms with Crippen LogP contribution in [0.25, 0.3) is 0 Å². The molecule has 1 fully saturated rings.